The van der Waals surface area contributed by atoms with Gasteiger partial charge in [0.1, 0.15) is 5.75 Å². The van der Waals surface area contributed by atoms with E-state index >= 15 is 0 Å². The van der Waals surface area contributed by atoms with Gasteiger partial charge >= 0.3 is 0 Å². The Morgan fingerprint density at radius 2 is 1.81 bits per heavy atom. The molecule has 5 nitrogen and oxygen atoms in total. The van der Waals surface area contributed by atoms with E-state index in [0.717, 1.165) is 12.8 Å². The summed E-state index contributed by atoms with van der Waals surface area (Å²) >= 11 is 6.09. The second-order valence-electron chi connectivity index (χ2n) is 5.67. The first-order valence-corrected chi connectivity index (χ1v) is 7.36. The Morgan fingerprint density at radius 1 is 1.19 bits per heavy atom. The van der Waals surface area contributed by atoms with Gasteiger partial charge in [-0.25, -0.2) is 4.90 Å². The zero-order chi connectivity index (χ0) is 14.7. The predicted octanol–water partition coefficient (Wildman–Crippen LogP) is 2.02. The molecule has 0 N–H and O–H groups in total. The molecular weight excluding hydrogens is 294 g/mol. The number of hydrogen-bond donors (Lipinski definition) is 0. The number of imide groups is 1. The van der Waals surface area contributed by atoms with Crippen molar-refractivity contribution in [2.24, 2.45) is 11.8 Å². The highest BCUT2D eigenvalue weighted by molar-refractivity contribution is 6.33. The molecule has 0 saturated carbocycles. The summed E-state index contributed by atoms with van der Waals surface area (Å²) < 4.78 is 10.8. The second-order valence-corrected chi connectivity index (χ2v) is 6.08. The predicted molar refractivity (Wildman–Crippen MR) is 75.4 cm³/mol. The molecule has 0 aromatic heterocycles. The van der Waals surface area contributed by atoms with Gasteiger partial charge in [-0.15, -0.1) is 0 Å². The molecule has 3 fully saturated rings. The molecule has 0 unspecified atom stereocenters. The van der Waals surface area contributed by atoms with E-state index in [-0.39, 0.29) is 35.9 Å². The maximum atomic E-state index is 12.6. The monoisotopic (exact) mass is 307 g/mol. The molecule has 110 valence electrons. The number of amides is 2. The number of benzene rings is 1. The van der Waals surface area contributed by atoms with E-state index < -0.39 is 0 Å². The number of nitrogens with zero attached hydrogens (tertiary/aromatic N) is 1. The van der Waals surface area contributed by atoms with Crippen molar-refractivity contribution in [1.82, 2.24) is 0 Å². The van der Waals surface area contributed by atoms with Crippen LogP contribution in [-0.4, -0.2) is 31.1 Å². The van der Waals surface area contributed by atoms with E-state index in [4.69, 9.17) is 21.1 Å². The fraction of sp³-hybridized carbons (Fsp3) is 0.467. The second kappa shape index (κ2) is 4.45. The normalized spacial score (nSPS) is 33.7. The molecule has 3 aliphatic rings. The summed E-state index contributed by atoms with van der Waals surface area (Å²) in [6, 6.07) is 4.95. The standard InChI is InChI=1S/C15H14ClNO4/c1-20-9-3-2-7(6-8(9)16)17-14(18)12-10-4-5-11(21-10)13(12)15(17)19/h2-3,6,10-13H,4-5H2,1H3/t10-,11+,12-,13+. The molecule has 0 radical (unpaired) electrons. The summed E-state index contributed by atoms with van der Waals surface area (Å²) in [4.78, 5) is 26.5. The number of halogens is 1. The molecule has 0 aliphatic carbocycles. The minimum atomic E-state index is -0.322. The van der Waals surface area contributed by atoms with Gasteiger partial charge in [0.05, 0.1) is 41.9 Å². The quantitative estimate of drug-likeness (QED) is 0.784. The van der Waals surface area contributed by atoms with Crippen LogP contribution in [0.3, 0.4) is 0 Å². The first-order chi connectivity index (χ1) is 10.1. The smallest absolute Gasteiger partial charge is 0.240 e. The first kappa shape index (κ1) is 13.1. The van der Waals surface area contributed by atoms with Crippen molar-refractivity contribution in [3.8, 4) is 5.75 Å². The lowest BCUT2D eigenvalue weighted by molar-refractivity contribution is -0.124. The van der Waals surface area contributed by atoms with Crippen LogP contribution in [0.5, 0.6) is 5.75 Å². The summed E-state index contributed by atoms with van der Waals surface area (Å²) in [7, 11) is 1.52. The number of fused-ring (bicyclic) bond motifs is 5. The Kier molecular flexibility index (Phi) is 2.78. The Labute approximate surface area is 126 Å². The summed E-state index contributed by atoms with van der Waals surface area (Å²) in [6.45, 7) is 0. The lowest BCUT2D eigenvalue weighted by atomic mass is 9.81. The van der Waals surface area contributed by atoms with Crippen molar-refractivity contribution in [3.05, 3.63) is 23.2 Å². The summed E-state index contributed by atoms with van der Waals surface area (Å²) in [6.07, 6.45) is 1.52. The zero-order valence-electron chi connectivity index (χ0n) is 11.4. The van der Waals surface area contributed by atoms with Gasteiger partial charge in [0.2, 0.25) is 11.8 Å². The molecule has 21 heavy (non-hydrogen) atoms. The number of carbonyl (C=O) groups excluding carboxylic acids is 2. The minimum Gasteiger partial charge on any atom is -0.495 e. The van der Waals surface area contributed by atoms with Crippen LogP contribution in [0.25, 0.3) is 0 Å². The molecule has 4 atom stereocenters. The number of ether oxygens (including phenoxy) is 2. The van der Waals surface area contributed by atoms with Crippen LogP contribution in [0, 0.1) is 11.8 Å². The van der Waals surface area contributed by atoms with Crippen LogP contribution in [0.15, 0.2) is 18.2 Å². The highest BCUT2D eigenvalue weighted by Crippen LogP contribution is 2.49. The third kappa shape index (κ3) is 1.67. The van der Waals surface area contributed by atoms with E-state index in [9.17, 15) is 9.59 Å². The molecule has 1 aromatic carbocycles. The molecule has 4 rings (SSSR count). The van der Waals surface area contributed by atoms with E-state index in [0.29, 0.717) is 16.5 Å². The fourth-order valence-corrected chi connectivity index (χ4v) is 4.01. The third-order valence-corrected chi connectivity index (χ3v) is 4.97. The summed E-state index contributed by atoms with van der Waals surface area (Å²) in [5.74, 6) is -0.464. The van der Waals surface area contributed by atoms with Crippen LogP contribution in [0.1, 0.15) is 12.8 Å². The summed E-state index contributed by atoms with van der Waals surface area (Å²) in [5, 5.41) is 0.381. The van der Waals surface area contributed by atoms with Gasteiger partial charge < -0.3 is 9.47 Å². The van der Waals surface area contributed by atoms with Crippen LogP contribution < -0.4 is 9.64 Å². The van der Waals surface area contributed by atoms with Crippen molar-refractivity contribution in [1.29, 1.82) is 0 Å². The highest BCUT2D eigenvalue weighted by Gasteiger charge is 2.62. The van der Waals surface area contributed by atoms with Gasteiger partial charge in [-0.3, -0.25) is 9.59 Å². The van der Waals surface area contributed by atoms with E-state index in [2.05, 4.69) is 0 Å². The van der Waals surface area contributed by atoms with Crippen molar-refractivity contribution in [2.45, 2.75) is 25.0 Å². The Bertz CT molecular complexity index is 619. The van der Waals surface area contributed by atoms with Crippen LogP contribution in [0.2, 0.25) is 5.02 Å². The maximum absolute atomic E-state index is 12.6. The van der Waals surface area contributed by atoms with Gasteiger partial charge in [0, 0.05) is 0 Å². The van der Waals surface area contributed by atoms with Gasteiger partial charge in [0.25, 0.3) is 0 Å². The van der Waals surface area contributed by atoms with Crippen LogP contribution in [-0.2, 0) is 14.3 Å². The topological polar surface area (TPSA) is 55.8 Å². The van der Waals surface area contributed by atoms with Gasteiger partial charge in [-0.1, -0.05) is 11.6 Å². The van der Waals surface area contributed by atoms with Crippen molar-refractivity contribution in [3.63, 3.8) is 0 Å². The number of anilines is 1. The molecule has 3 heterocycles. The van der Waals surface area contributed by atoms with Crippen molar-refractivity contribution >= 4 is 29.1 Å². The summed E-state index contributed by atoms with van der Waals surface area (Å²) in [5.41, 5.74) is 0.504. The molecule has 2 bridgehead atoms. The number of carbonyl (C=O) groups is 2. The SMILES string of the molecule is COc1ccc(N2C(=O)[C@@H]3[C@H](C2=O)[C@H]2CC[C@@H]3O2)cc1Cl. The Hall–Kier alpha value is -1.59. The van der Waals surface area contributed by atoms with E-state index in [1.54, 1.807) is 18.2 Å². The highest BCUT2D eigenvalue weighted by atomic mass is 35.5. The Balaban J connectivity index is 1.72. The molecule has 2 amide bonds. The van der Waals surface area contributed by atoms with Gasteiger partial charge in [0.15, 0.2) is 0 Å². The molecule has 3 saturated heterocycles. The maximum Gasteiger partial charge on any atom is 0.240 e. The molecule has 3 aliphatic heterocycles. The fourth-order valence-electron chi connectivity index (χ4n) is 3.76. The Morgan fingerprint density at radius 3 is 2.33 bits per heavy atom. The van der Waals surface area contributed by atoms with Gasteiger partial charge in [-0.2, -0.15) is 0 Å². The van der Waals surface area contributed by atoms with Crippen molar-refractivity contribution < 1.29 is 19.1 Å². The number of hydrogen-bond acceptors (Lipinski definition) is 4. The average Bonchev–Trinajstić information content (AvgIpc) is 3.13. The lowest BCUT2D eigenvalue weighted by Crippen LogP contribution is -2.34. The minimum absolute atomic E-state index is 0.102. The van der Waals surface area contributed by atoms with Crippen molar-refractivity contribution in [2.75, 3.05) is 12.0 Å². The van der Waals surface area contributed by atoms with Crippen LogP contribution in [0.4, 0.5) is 5.69 Å². The lowest BCUT2D eigenvalue weighted by Gasteiger charge is -2.18. The number of rotatable bonds is 2. The molecule has 0 spiro atoms. The van der Waals surface area contributed by atoms with E-state index in [1.165, 1.54) is 12.0 Å². The zero-order valence-corrected chi connectivity index (χ0v) is 12.2. The van der Waals surface area contributed by atoms with Crippen LogP contribution >= 0.6 is 11.6 Å². The molecular formula is C15H14ClNO4. The van der Waals surface area contributed by atoms with Gasteiger partial charge in [-0.05, 0) is 31.0 Å². The molecule has 1 aromatic rings. The number of methoxy groups -OCH3 is 1. The largest absolute Gasteiger partial charge is 0.495 e. The van der Waals surface area contributed by atoms with E-state index in [1.807, 2.05) is 0 Å². The average molecular weight is 308 g/mol. The first-order valence-electron chi connectivity index (χ1n) is 6.98. The molecule has 6 heteroatoms. The third-order valence-electron chi connectivity index (χ3n) is 4.68.